The number of amides is 1. The predicted molar refractivity (Wildman–Crippen MR) is 122 cm³/mol. The van der Waals surface area contributed by atoms with E-state index >= 15 is 0 Å². The van der Waals surface area contributed by atoms with Crippen LogP contribution < -0.4 is 4.74 Å². The van der Waals surface area contributed by atoms with Crippen molar-refractivity contribution in [1.82, 2.24) is 9.80 Å². The van der Waals surface area contributed by atoms with Crippen molar-refractivity contribution < 1.29 is 28.2 Å². The number of rotatable bonds is 6. The Morgan fingerprint density at radius 3 is 2.48 bits per heavy atom. The molecule has 33 heavy (non-hydrogen) atoms. The fourth-order valence-electron chi connectivity index (χ4n) is 5.14. The van der Waals surface area contributed by atoms with E-state index in [-0.39, 0.29) is 36.8 Å². The molecule has 1 saturated heterocycles. The lowest BCUT2D eigenvalue weighted by Gasteiger charge is -2.42. The van der Waals surface area contributed by atoms with Gasteiger partial charge in [0.25, 0.3) is 0 Å². The van der Waals surface area contributed by atoms with Crippen LogP contribution >= 0.6 is 0 Å². The quantitative estimate of drug-likeness (QED) is 0.693. The Kier molecular flexibility index (Phi) is 8.35. The number of nitrogens with zero attached hydrogens (tertiary/aromatic N) is 2. The molecule has 186 valence electrons. The molecule has 0 bridgehead atoms. The highest BCUT2D eigenvalue weighted by molar-refractivity contribution is 5.77. The lowest BCUT2D eigenvalue weighted by Crippen LogP contribution is -2.54. The Morgan fingerprint density at radius 2 is 1.85 bits per heavy atom. The van der Waals surface area contributed by atoms with Crippen molar-refractivity contribution in [1.29, 1.82) is 0 Å². The molecular weight excluding hydrogens is 430 g/mol. The highest BCUT2D eigenvalue weighted by Gasteiger charge is 2.41. The van der Waals surface area contributed by atoms with E-state index in [4.69, 9.17) is 9.47 Å². The second-order valence-corrected chi connectivity index (χ2v) is 10.7. The zero-order valence-corrected chi connectivity index (χ0v) is 20.3. The number of ether oxygens (including phenoxy) is 2. The van der Waals surface area contributed by atoms with Crippen LogP contribution in [-0.4, -0.2) is 79.0 Å². The highest BCUT2D eigenvalue weighted by atomic mass is 19.2. The molecule has 1 amide bonds. The van der Waals surface area contributed by atoms with Crippen molar-refractivity contribution >= 4 is 5.91 Å². The van der Waals surface area contributed by atoms with E-state index in [1.165, 1.54) is 19.2 Å². The minimum Gasteiger partial charge on any atom is -0.487 e. The van der Waals surface area contributed by atoms with Crippen LogP contribution in [-0.2, 0) is 9.53 Å². The van der Waals surface area contributed by atoms with Gasteiger partial charge in [-0.05, 0) is 49.1 Å². The number of aliphatic hydroxyl groups is 1. The Balaban J connectivity index is 1.74. The maximum Gasteiger partial charge on any atom is 0.248 e. The maximum absolute atomic E-state index is 14.1. The van der Waals surface area contributed by atoms with Crippen molar-refractivity contribution in [3.8, 4) is 5.75 Å². The first-order valence-electron chi connectivity index (χ1n) is 11.8. The number of hydrogen-bond acceptors (Lipinski definition) is 5. The summed E-state index contributed by atoms with van der Waals surface area (Å²) in [6.45, 7) is 7.96. The number of hydrogen-bond donors (Lipinski definition) is 1. The standard InChI is InChI=1S/C25H38F2N2O4/c1-24(2,3)18-8-10-19(11-9-18)28-12-13-29(22(30)14-32-4)16-25(31,15-28)17-33-21-7-5-6-20(26)23(21)27/h5-7,18-19,31H,8-17H2,1-4H3/t18?,19?,25-/m0/s1. The average Bonchev–Trinajstić information content (AvgIpc) is 2.94. The second kappa shape index (κ2) is 10.7. The smallest absolute Gasteiger partial charge is 0.248 e. The Bertz CT molecular complexity index is 808. The van der Waals surface area contributed by atoms with E-state index < -0.39 is 17.2 Å². The summed E-state index contributed by atoms with van der Waals surface area (Å²) in [7, 11) is 1.46. The molecule has 1 aliphatic carbocycles. The molecule has 0 radical (unpaired) electrons. The normalized spacial score (nSPS) is 27.3. The van der Waals surface area contributed by atoms with Gasteiger partial charge < -0.3 is 19.5 Å². The summed E-state index contributed by atoms with van der Waals surface area (Å²) < 4.78 is 38.2. The molecule has 8 heteroatoms. The molecule has 1 heterocycles. The molecular formula is C25H38F2N2O4. The highest BCUT2D eigenvalue weighted by Crippen LogP contribution is 2.39. The van der Waals surface area contributed by atoms with Crippen LogP contribution in [0.5, 0.6) is 5.75 Å². The van der Waals surface area contributed by atoms with E-state index in [2.05, 4.69) is 25.7 Å². The average molecular weight is 469 g/mol. The zero-order chi connectivity index (χ0) is 24.2. The number of carbonyl (C=O) groups is 1. The van der Waals surface area contributed by atoms with Crippen LogP contribution in [0.25, 0.3) is 0 Å². The van der Waals surface area contributed by atoms with Crippen LogP contribution in [0.3, 0.4) is 0 Å². The van der Waals surface area contributed by atoms with E-state index in [1.807, 2.05) is 0 Å². The molecule has 0 spiro atoms. The first-order valence-corrected chi connectivity index (χ1v) is 11.8. The molecule has 2 aliphatic rings. The molecule has 1 saturated carbocycles. The van der Waals surface area contributed by atoms with Crippen molar-refractivity contribution in [2.75, 3.05) is 46.5 Å². The van der Waals surface area contributed by atoms with E-state index in [0.717, 1.165) is 31.7 Å². The van der Waals surface area contributed by atoms with Gasteiger partial charge in [0.2, 0.25) is 11.7 Å². The zero-order valence-electron chi connectivity index (χ0n) is 20.3. The van der Waals surface area contributed by atoms with Gasteiger partial charge >= 0.3 is 0 Å². The molecule has 0 unspecified atom stereocenters. The number of carbonyl (C=O) groups excluding carboxylic acids is 1. The molecule has 1 aromatic carbocycles. The topological polar surface area (TPSA) is 62.2 Å². The van der Waals surface area contributed by atoms with Gasteiger partial charge in [0.1, 0.15) is 18.8 Å². The Morgan fingerprint density at radius 1 is 1.15 bits per heavy atom. The summed E-state index contributed by atoms with van der Waals surface area (Å²) in [4.78, 5) is 16.4. The molecule has 1 N–H and O–H groups in total. The van der Waals surface area contributed by atoms with Crippen LogP contribution in [0.2, 0.25) is 0 Å². The first-order chi connectivity index (χ1) is 15.5. The van der Waals surface area contributed by atoms with Crippen molar-refractivity contribution in [2.24, 2.45) is 11.3 Å². The maximum atomic E-state index is 14.1. The van der Waals surface area contributed by atoms with Gasteiger partial charge in [0.15, 0.2) is 11.6 Å². The van der Waals surface area contributed by atoms with Gasteiger partial charge in [-0.3, -0.25) is 9.69 Å². The SMILES string of the molecule is COCC(=O)N1CCN(C2CCC(C(C)(C)C)CC2)C[C@@](O)(COc2cccc(F)c2F)C1. The second-order valence-electron chi connectivity index (χ2n) is 10.7. The lowest BCUT2D eigenvalue weighted by atomic mass is 9.71. The third-order valence-electron chi connectivity index (χ3n) is 7.11. The predicted octanol–water partition coefficient (Wildman–Crippen LogP) is 3.47. The Labute approximate surface area is 195 Å². The van der Waals surface area contributed by atoms with Gasteiger partial charge in [0.05, 0.1) is 6.54 Å². The largest absolute Gasteiger partial charge is 0.487 e. The van der Waals surface area contributed by atoms with E-state index in [9.17, 15) is 18.7 Å². The monoisotopic (exact) mass is 468 g/mol. The van der Waals surface area contributed by atoms with E-state index in [0.29, 0.717) is 31.6 Å². The van der Waals surface area contributed by atoms with Crippen LogP contribution in [0.1, 0.15) is 46.5 Å². The fourth-order valence-corrected chi connectivity index (χ4v) is 5.14. The summed E-state index contributed by atoms with van der Waals surface area (Å²) in [6, 6.07) is 4.01. The molecule has 6 nitrogen and oxygen atoms in total. The number of halogens is 2. The van der Waals surface area contributed by atoms with Crippen molar-refractivity contribution in [3.63, 3.8) is 0 Å². The molecule has 2 fully saturated rings. The Hall–Kier alpha value is -1.77. The fraction of sp³-hybridized carbons (Fsp3) is 0.720. The van der Waals surface area contributed by atoms with Gasteiger partial charge in [-0.1, -0.05) is 26.8 Å². The summed E-state index contributed by atoms with van der Waals surface area (Å²) in [6.07, 6.45) is 4.31. The molecule has 1 atom stereocenters. The number of β-amino-alcohol motifs (C(OH)–C–C–N with tert-alkyl or cyclic N) is 1. The summed E-state index contributed by atoms with van der Waals surface area (Å²) >= 11 is 0. The summed E-state index contributed by atoms with van der Waals surface area (Å²) in [5.41, 5.74) is -1.16. The van der Waals surface area contributed by atoms with Gasteiger partial charge in [-0.25, -0.2) is 4.39 Å². The number of methoxy groups -OCH3 is 1. The summed E-state index contributed by atoms with van der Waals surface area (Å²) in [5, 5.41) is 11.5. The van der Waals surface area contributed by atoms with E-state index in [1.54, 1.807) is 4.90 Å². The van der Waals surface area contributed by atoms with Gasteiger partial charge in [-0.2, -0.15) is 4.39 Å². The van der Waals surface area contributed by atoms with Crippen molar-refractivity contribution in [2.45, 2.75) is 58.1 Å². The van der Waals surface area contributed by atoms with Crippen LogP contribution in [0.4, 0.5) is 8.78 Å². The van der Waals surface area contributed by atoms with Crippen LogP contribution in [0.15, 0.2) is 18.2 Å². The first kappa shape index (κ1) is 25.8. The van der Waals surface area contributed by atoms with Crippen molar-refractivity contribution in [3.05, 3.63) is 29.8 Å². The van der Waals surface area contributed by atoms with Gasteiger partial charge in [0, 0.05) is 32.8 Å². The minimum atomic E-state index is -1.43. The molecule has 3 rings (SSSR count). The third-order valence-corrected chi connectivity index (χ3v) is 7.11. The third kappa shape index (κ3) is 6.64. The number of benzene rings is 1. The lowest BCUT2D eigenvalue weighted by molar-refractivity contribution is -0.138. The minimum absolute atomic E-state index is 0.0416. The van der Waals surface area contributed by atoms with Gasteiger partial charge in [-0.15, -0.1) is 0 Å². The molecule has 1 aromatic rings. The summed E-state index contributed by atoms with van der Waals surface area (Å²) in [5.74, 6) is -1.89. The molecule has 0 aromatic heterocycles. The molecule has 1 aliphatic heterocycles. The van der Waals surface area contributed by atoms with Crippen LogP contribution in [0, 0.1) is 23.0 Å².